The Morgan fingerprint density at radius 2 is 2.09 bits per heavy atom. The van der Waals surface area contributed by atoms with Crippen molar-refractivity contribution >= 4 is 23.2 Å². The highest BCUT2D eigenvalue weighted by atomic mass is 35.5. The molecule has 2 aromatic rings. The van der Waals surface area contributed by atoms with Gasteiger partial charge in [0, 0.05) is 12.0 Å². The van der Waals surface area contributed by atoms with Gasteiger partial charge in [-0.1, -0.05) is 49.6 Å². The normalized spacial score (nSPS) is 22.3. The molecule has 0 fully saturated rings. The number of nitrogens with two attached hydrogens (primary N) is 1. The summed E-state index contributed by atoms with van der Waals surface area (Å²) >= 11 is 6.32. The van der Waals surface area contributed by atoms with Crippen LogP contribution in [0.1, 0.15) is 44.5 Å². The molecule has 0 saturated carbocycles. The zero-order valence-electron chi connectivity index (χ0n) is 13.1. The number of aromatic nitrogens is 2. The summed E-state index contributed by atoms with van der Waals surface area (Å²) in [4.78, 5) is 19.9. The third-order valence-electron chi connectivity index (χ3n) is 4.23. The van der Waals surface area contributed by atoms with Crippen molar-refractivity contribution in [3.05, 3.63) is 35.2 Å². The molecule has 6 heteroatoms. The van der Waals surface area contributed by atoms with Gasteiger partial charge in [-0.25, -0.2) is 4.98 Å². The number of anilines is 1. The van der Waals surface area contributed by atoms with Crippen LogP contribution in [0.25, 0.3) is 11.3 Å². The van der Waals surface area contributed by atoms with E-state index < -0.39 is 0 Å². The van der Waals surface area contributed by atoms with Crippen LogP contribution < -0.4 is 11.1 Å². The predicted molar refractivity (Wildman–Crippen MR) is 92.2 cm³/mol. The molecular formula is C17H21ClN4O. The van der Waals surface area contributed by atoms with Gasteiger partial charge in [0.25, 0.3) is 0 Å². The Labute approximate surface area is 140 Å². The number of nitrogens with one attached hydrogen (secondary N) is 2. The van der Waals surface area contributed by atoms with E-state index in [1.165, 1.54) is 0 Å². The fourth-order valence-corrected chi connectivity index (χ4v) is 3.21. The second kappa shape index (κ2) is 6.72. The van der Waals surface area contributed by atoms with Crippen LogP contribution in [-0.2, 0) is 4.79 Å². The highest BCUT2D eigenvalue weighted by Gasteiger charge is 2.20. The Morgan fingerprint density at radius 1 is 1.30 bits per heavy atom. The largest absolute Gasteiger partial charge is 0.331 e. The lowest BCUT2D eigenvalue weighted by Gasteiger charge is -2.14. The molecule has 1 aromatic heterocycles. The van der Waals surface area contributed by atoms with Crippen LogP contribution in [0.4, 0.5) is 5.69 Å². The summed E-state index contributed by atoms with van der Waals surface area (Å²) < 4.78 is 0. The first-order chi connectivity index (χ1) is 11.0. The van der Waals surface area contributed by atoms with Gasteiger partial charge in [-0.3, -0.25) is 4.79 Å². The molecule has 1 aliphatic rings. The molecule has 0 aliphatic carbocycles. The molecule has 2 atom stereocenters. The summed E-state index contributed by atoms with van der Waals surface area (Å²) in [5.41, 5.74) is 8.37. The number of para-hydroxylation sites is 1. The molecule has 23 heavy (non-hydrogen) atoms. The molecule has 0 radical (unpaired) electrons. The van der Waals surface area contributed by atoms with E-state index in [-0.39, 0.29) is 11.9 Å². The van der Waals surface area contributed by atoms with E-state index in [2.05, 4.69) is 22.2 Å². The van der Waals surface area contributed by atoms with Gasteiger partial charge in [0.2, 0.25) is 5.91 Å². The second-order valence-electron chi connectivity index (χ2n) is 6.23. The van der Waals surface area contributed by atoms with E-state index >= 15 is 0 Å². The molecule has 1 amide bonds. The Kier molecular flexibility index (Phi) is 4.68. The molecule has 1 unspecified atom stereocenters. The monoisotopic (exact) mass is 332 g/mol. The molecule has 4 N–H and O–H groups in total. The number of hydrogen-bond acceptors (Lipinski definition) is 3. The number of benzene rings is 1. The van der Waals surface area contributed by atoms with Crippen molar-refractivity contribution in [2.24, 2.45) is 11.7 Å². The lowest BCUT2D eigenvalue weighted by Crippen LogP contribution is -2.16. The average Bonchev–Trinajstić information content (AvgIpc) is 2.89. The molecule has 122 valence electrons. The maximum atomic E-state index is 12.3. The third-order valence-corrected chi connectivity index (χ3v) is 4.50. The van der Waals surface area contributed by atoms with E-state index in [0.717, 1.165) is 30.5 Å². The quantitative estimate of drug-likeness (QED) is 0.684. The standard InChI is InChI=1S/C17H21ClN4O/c1-10-5-4-7-12(19)17-21-15(16(18)22-17)11-6-2-3-8-13(11)20-14(23)9-10/h2-3,6,8,10,12H,4-5,7,9,19H2,1H3,(H,20,23)(H,21,22)/t10?,12-/m0/s1. The van der Waals surface area contributed by atoms with Crippen LogP contribution in [-0.4, -0.2) is 15.9 Å². The van der Waals surface area contributed by atoms with Gasteiger partial charge in [-0.15, -0.1) is 0 Å². The molecule has 1 aromatic carbocycles. The molecule has 0 spiro atoms. The molecule has 2 bridgehead atoms. The van der Waals surface area contributed by atoms with Crippen LogP contribution in [0, 0.1) is 5.92 Å². The Balaban J connectivity index is 2.04. The van der Waals surface area contributed by atoms with Crippen LogP contribution in [0.3, 0.4) is 0 Å². The first-order valence-electron chi connectivity index (χ1n) is 7.95. The SMILES string of the molecule is CC1CCC[C@H](N)c2nc(c(Cl)[nH]2)-c2ccccc2NC(=O)C1. The van der Waals surface area contributed by atoms with Crippen molar-refractivity contribution in [2.75, 3.05) is 5.32 Å². The zero-order valence-corrected chi connectivity index (χ0v) is 13.9. The lowest BCUT2D eigenvalue weighted by atomic mass is 9.98. The number of aromatic amines is 1. The molecule has 1 aliphatic heterocycles. The number of carbonyl (C=O) groups excluding carboxylic acids is 1. The number of halogens is 1. The van der Waals surface area contributed by atoms with E-state index in [4.69, 9.17) is 17.3 Å². The summed E-state index contributed by atoms with van der Waals surface area (Å²) in [6, 6.07) is 7.37. The predicted octanol–water partition coefficient (Wildman–Crippen LogP) is 3.88. The van der Waals surface area contributed by atoms with Crippen molar-refractivity contribution in [1.29, 1.82) is 0 Å². The number of nitrogens with zero attached hydrogens (tertiary/aromatic N) is 1. The summed E-state index contributed by atoms with van der Waals surface area (Å²) in [6.07, 6.45) is 3.24. The smallest absolute Gasteiger partial charge is 0.224 e. The van der Waals surface area contributed by atoms with Crippen LogP contribution in [0.2, 0.25) is 5.15 Å². The van der Waals surface area contributed by atoms with E-state index in [1.54, 1.807) is 0 Å². The lowest BCUT2D eigenvalue weighted by molar-refractivity contribution is -0.117. The second-order valence-corrected chi connectivity index (χ2v) is 6.60. The maximum absolute atomic E-state index is 12.3. The van der Waals surface area contributed by atoms with Gasteiger partial charge in [0.15, 0.2) is 0 Å². The number of H-pyrrole nitrogens is 1. The first kappa shape index (κ1) is 16.0. The maximum Gasteiger partial charge on any atom is 0.224 e. The fourth-order valence-electron chi connectivity index (χ4n) is 2.96. The van der Waals surface area contributed by atoms with Gasteiger partial charge < -0.3 is 16.0 Å². The number of amides is 1. The number of imidazole rings is 1. The number of fused-ring (bicyclic) bond motifs is 4. The average molecular weight is 333 g/mol. The van der Waals surface area contributed by atoms with Crippen molar-refractivity contribution < 1.29 is 4.79 Å². The molecule has 3 rings (SSSR count). The van der Waals surface area contributed by atoms with Crippen LogP contribution in [0.5, 0.6) is 0 Å². The number of rotatable bonds is 0. The summed E-state index contributed by atoms with van der Waals surface area (Å²) in [5.74, 6) is 1.03. The topological polar surface area (TPSA) is 83.8 Å². The van der Waals surface area contributed by atoms with Crippen LogP contribution in [0.15, 0.2) is 24.3 Å². The number of hydrogen-bond donors (Lipinski definition) is 3. The third kappa shape index (κ3) is 3.57. The minimum absolute atomic E-state index is 0.0142. The van der Waals surface area contributed by atoms with E-state index in [1.807, 2.05) is 24.3 Å². The minimum Gasteiger partial charge on any atom is -0.331 e. The summed E-state index contributed by atoms with van der Waals surface area (Å²) in [5, 5.41) is 3.43. The molecule has 5 nitrogen and oxygen atoms in total. The highest BCUT2D eigenvalue weighted by molar-refractivity contribution is 6.32. The number of carbonyl (C=O) groups is 1. The summed E-state index contributed by atoms with van der Waals surface area (Å²) in [7, 11) is 0. The van der Waals surface area contributed by atoms with Crippen LogP contribution >= 0.6 is 11.6 Å². The van der Waals surface area contributed by atoms with Gasteiger partial charge in [-0.05, 0) is 18.4 Å². The first-order valence-corrected chi connectivity index (χ1v) is 8.32. The van der Waals surface area contributed by atoms with Crippen molar-refractivity contribution in [1.82, 2.24) is 9.97 Å². The van der Waals surface area contributed by atoms with E-state index in [0.29, 0.717) is 29.0 Å². The van der Waals surface area contributed by atoms with Gasteiger partial charge in [-0.2, -0.15) is 0 Å². The summed E-state index contributed by atoms with van der Waals surface area (Å²) in [6.45, 7) is 2.10. The Morgan fingerprint density at radius 3 is 2.91 bits per heavy atom. The van der Waals surface area contributed by atoms with Crippen molar-refractivity contribution in [3.63, 3.8) is 0 Å². The van der Waals surface area contributed by atoms with Gasteiger partial charge in [0.1, 0.15) is 16.7 Å². The zero-order chi connectivity index (χ0) is 16.4. The van der Waals surface area contributed by atoms with Crippen molar-refractivity contribution in [2.45, 2.75) is 38.6 Å². The molecule has 0 saturated heterocycles. The fraction of sp³-hybridized carbons (Fsp3) is 0.412. The Hall–Kier alpha value is -1.85. The minimum atomic E-state index is -0.176. The highest BCUT2D eigenvalue weighted by Crippen LogP contribution is 2.33. The molecule has 2 heterocycles. The Bertz CT molecular complexity index is 712. The van der Waals surface area contributed by atoms with Crippen molar-refractivity contribution in [3.8, 4) is 11.3 Å². The molecular weight excluding hydrogens is 312 g/mol. The van der Waals surface area contributed by atoms with Gasteiger partial charge in [0.05, 0.1) is 11.7 Å². The van der Waals surface area contributed by atoms with E-state index in [9.17, 15) is 4.79 Å². The van der Waals surface area contributed by atoms with Gasteiger partial charge >= 0.3 is 0 Å².